The van der Waals surface area contributed by atoms with E-state index in [-0.39, 0.29) is 0 Å². The molecule has 1 atom stereocenters. The number of methoxy groups -OCH3 is 1. The first kappa shape index (κ1) is 15.3. The fraction of sp³-hybridized carbons (Fsp3) is 0.600. The Labute approximate surface area is 121 Å². The van der Waals surface area contributed by atoms with Crippen molar-refractivity contribution in [3.63, 3.8) is 0 Å². The van der Waals surface area contributed by atoms with E-state index in [1.807, 2.05) is 12.1 Å². The lowest BCUT2D eigenvalue weighted by Crippen LogP contribution is -2.39. The lowest BCUT2D eigenvalue weighted by atomic mass is 9.93. The first-order valence-corrected chi connectivity index (χ1v) is 8.92. The van der Waals surface area contributed by atoms with E-state index in [1.54, 1.807) is 11.4 Å². The Morgan fingerprint density at radius 1 is 1.30 bits per heavy atom. The maximum atomic E-state index is 11.6. The maximum absolute atomic E-state index is 11.6. The van der Waals surface area contributed by atoms with Crippen molar-refractivity contribution in [2.24, 2.45) is 5.92 Å². The highest BCUT2D eigenvalue weighted by molar-refractivity contribution is 7.88. The standard InChI is InChI=1S/C15H23NO3S/c1-19-15-9-7-13(8-10-15)5-6-14-4-3-11-16(12-14)20(2,17)18/h7-10,14H,3-6,11-12H2,1-2H3. The van der Waals surface area contributed by atoms with Crippen molar-refractivity contribution in [2.75, 3.05) is 26.5 Å². The van der Waals surface area contributed by atoms with Gasteiger partial charge in [0.25, 0.3) is 0 Å². The van der Waals surface area contributed by atoms with Crippen molar-refractivity contribution in [2.45, 2.75) is 25.7 Å². The molecule has 1 saturated heterocycles. The largest absolute Gasteiger partial charge is 0.497 e. The molecule has 1 aromatic rings. The van der Waals surface area contributed by atoms with Gasteiger partial charge in [-0.2, -0.15) is 0 Å². The monoisotopic (exact) mass is 297 g/mol. The number of hydrogen-bond acceptors (Lipinski definition) is 3. The minimum absolute atomic E-state index is 0.473. The number of piperidine rings is 1. The molecule has 2 rings (SSSR count). The van der Waals surface area contributed by atoms with E-state index >= 15 is 0 Å². The summed E-state index contributed by atoms with van der Waals surface area (Å²) in [6.45, 7) is 1.35. The first-order chi connectivity index (χ1) is 9.49. The first-order valence-electron chi connectivity index (χ1n) is 7.07. The summed E-state index contributed by atoms with van der Waals surface area (Å²) in [5.74, 6) is 1.34. The summed E-state index contributed by atoms with van der Waals surface area (Å²) in [5, 5.41) is 0. The minimum atomic E-state index is -3.03. The molecule has 0 saturated carbocycles. The van der Waals surface area contributed by atoms with Gasteiger partial charge in [0.15, 0.2) is 0 Å². The van der Waals surface area contributed by atoms with E-state index in [0.717, 1.165) is 31.4 Å². The van der Waals surface area contributed by atoms with Crippen LogP contribution in [0.25, 0.3) is 0 Å². The Morgan fingerprint density at radius 3 is 2.60 bits per heavy atom. The molecule has 0 radical (unpaired) electrons. The molecule has 0 aromatic heterocycles. The van der Waals surface area contributed by atoms with Gasteiger partial charge in [0.1, 0.15) is 5.75 Å². The van der Waals surface area contributed by atoms with Gasteiger partial charge in [-0.3, -0.25) is 0 Å². The second-order valence-electron chi connectivity index (χ2n) is 5.52. The third-order valence-corrected chi connectivity index (χ3v) is 5.22. The zero-order chi connectivity index (χ0) is 14.6. The van der Waals surface area contributed by atoms with E-state index in [0.29, 0.717) is 19.0 Å². The molecular formula is C15H23NO3S. The molecule has 20 heavy (non-hydrogen) atoms. The number of rotatable bonds is 5. The molecule has 0 amide bonds. The molecule has 1 heterocycles. The number of ether oxygens (including phenoxy) is 1. The summed E-state index contributed by atoms with van der Waals surface area (Å²) in [4.78, 5) is 0. The van der Waals surface area contributed by atoms with Gasteiger partial charge in [0.2, 0.25) is 10.0 Å². The highest BCUT2D eigenvalue weighted by Gasteiger charge is 2.25. The second-order valence-corrected chi connectivity index (χ2v) is 7.50. The van der Waals surface area contributed by atoms with Crippen molar-refractivity contribution >= 4 is 10.0 Å². The lowest BCUT2D eigenvalue weighted by molar-refractivity contribution is 0.257. The van der Waals surface area contributed by atoms with Crippen LogP contribution < -0.4 is 4.74 Å². The van der Waals surface area contributed by atoms with Gasteiger partial charge in [0.05, 0.1) is 13.4 Å². The van der Waals surface area contributed by atoms with Crippen LogP contribution in [0.4, 0.5) is 0 Å². The Bertz CT molecular complexity index is 525. The number of benzene rings is 1. The third-order valence-electron chi connectivity index (χ3n) is 3.95. The van der Waals surface area contributed by atoms with Crippen LogP contribution in [0.3, 0.4) is 0 Å². The summed E-state index contributed by atoms with van der Waals surface area (Å²) >= 11 is 0. The van der Waals surface area contributed by atoms with Gasteiger partial charge >= 0.3 is 0 Å². The molecule has 1 fully saturated rings. The SMILES string of the molecule is COc1ccc(CCC2CCCN(S(C)(=O)=O)C2)cc1. The van der Waals surface area contributed by atoms with Crippen LogP contribution in [0.15, 0.2) is 24.3 Å². The molecule has 0 N–H and O–H groups in total. The molecule has 1 aliphatic heterocycles. The topological polar surface area (TPSA) is 46.6 Å². The molecule has 1 aromatic carbocycles. The predicted octanol–water partition coefficient (Wildman–Crippen LogP) is 2.30. The van der Waals surface area contributed by atoms with Crippen LogP contribution >= 0.6 is 0 Å². The number of aryl methyl sites for hydroxylation is 1. The van der Waals surface area contributed by atoms with Crippen molar-refractivity contribution in [1.82, 2.24) is 4.31 Å². The number of sulfonamides is 1. The van der Waals surface area contributed by atoms with Gasteiger partial charge in [-0.15, -0.1) is 0 Å². The molecule has 0 spiro atoms. The predicted molar refractivity (Wildman–Crippen MR) is 80.5 cm³/mol. The zero-order valence-corrected chi connectivity index (χ0v) is 13.0. The Balaban J connectivity index is 1.87. The van der Waals surface area contributed by atoms with Crippen molar-refractivity contribution < 1.29 is 13.2 Å². The van der Waals surface area contributed by atoms with Crippen LogP contribution in [-0.4, -0.2) is 39.2 Å². The van der Waals surface area contributed by atoms with Gasteiger partial charge in [0, 0.05) is 13.1 Å². The normalized spacial score (nSPS) is 20.8. The summed E-state index contributed by atoms with van der Waals surface area (Å²) in [6.07, 6.45) is 5.44. The Kier molecular flexibility index (Phi) is 5.05. The Morgan fingerprint density at radius 2 is 2.00 bits per heavy atom. The highest BCUT2D eigenvalue weighted by Crippen LogP contribution is 2.23. The van der Waals surface area contributed by atoms with E-state index < -0.39 is 10.0 Å². The molecule has 0 aliphatic carbocycles. The van der Waals surface area contributed by atoms with Gasteiger partial charge in [-0.25, -0.2) is 12.7 Å². The van der Waals surface area contributed by atoms with Crippen molar-refractivity contribution in [3.8, 4) is 5.75 Å². The van der Waals surface area contributed by atoms with Crippen molar-refractivity contribution in [1.29, 1.82) is 0 Å². The molecule has 0 bridgehead atoms. The third kappa shape index (κ3) is 4.21. The minimum Gasteiger partial charge on any atom is -0.497 e. The quantitative estimate of drug-likeness (QED) is 0.838. The summed E-state index contributed by atoms with van der Waals surface area (Å²) < 4.78 is 29.9. The van der Waals surface area contributed by atoms with Gasteiger partial charge in [-0.1, -0.05) is 12.1 Å². The van der Waals surface area contributed by atoms with E-state index in [1.165, 1.54) is 11.8 Å². The van der Waals surface area contributed by atoms with Crippen molar-refractivity contribution in [3.05, 3.63) is 29.8 Å². The van der Waals surface area contributed by atoms with Crippen LogP contribution in [0.1, 0.15) is 24.8 Å². The van der Waals surface area contributed by atoms with Crippen LogP contribution in [0.5, 0.6) is 5.75 Å². The average Bonchev–Trinajstić information content (AvgIpc) is 2.45. The summed E-state index contributed by atoms with van der Waals surface area (Å²) in [5.41, 5.74) is 1.28. The van der Waals surface area contributed by atoms with Gasteiger partial charge < -0.3 is 4.74 Å². The zero-order valence-electron chi connectivity index (χ0n) is 12.2. The van der Waals surface area contributed by atoms with Crippen LogP contribution in [0, 0.1) is 5.92 Å². The lowest BCUT2D eigenvalue weighted by Gasteiger charge is -2.30. The van der Waals surface area contributed by atoms with Crippen LogP contribution in [0.2, 0.25) is 0 Å². The molecule has 4 nitrogen and oxygen atoms in total. The number of nitrogens with zero attached hydrogens (tertiary/aromatic N) is 1. The smallest absolute Gasteiger partial charge is 0.211 e. The molecule has 1 unspecified atom stereocenters. The molecule has 112 valence electrons. The molecule has 1 aliphatic rings. The maximum Gasteiger partial charge on any atom is 0.211 e. The van der Waals surface area contributed by atoms with E-state index in [9.17, 15) is 8.42 Å². The summed E-state index contributed by atoms with van der Waals surface area (Å²) in [7, 11) is -1.37. The fourth-order valence-corrected chi connectivity index (χ4v) is 3.67. The van der Waals surface area contributed by atoms with Crippen LogP contribution in [-0.2, 0) is 16.4 Å². The number of hydrogen-bond donors (Lipinski definition) is 0. The summed E-state index contributed by atoms with van der Waals surface area (Å²) in [6, 6.07) is 8.10. The second kappa shape index (κ2) is 6.59. The van der Waals surface area contributed by atoms with E-state index in [4.69, 9.17) is 4.74 Å². The molecular weight excluding hydrogens is 274 g/mol. The van der Waals surface area contributed by atoms with E-state index in [2.05, 4.69) is 12.1 Å². The van der Waals surface area contributed by atoms with Gasteiger partial charge in [-0.05, 0) is 49.3 Å². The highest BCUT2D eigenvalue weighted by atomic mass is 32.2. The average molecular weight is 297 g/mol. The molecule has 5 heteroatoms. The Hall–Kier alpha value is -1.07. The fourth-order valence-electron chi connectivity index (χ4n) is 2.73.